The minimum Gasteiger partial charge on any atom is -0.336 e. The quantitative estimate of drug-likeness (QED) is 0.875. The average Bonchev–Trinajstić information content (AvgIpc) is 2.46. The molecule has 0 bridgehead atoms. The number of para-hydroxylation sites is 1. The Morgan fingerprint density at radius 1 is 1.19 bits per heavy atom. The third kappa shape index (κ3) is 3.84. The summed E-state index contributed by atoms with van der Waals surface area (Å²) in [6.07, 6.45) is 1.97. The number of aromatic nitrogens is 1. The van der Waals surface area contributed by atoms with Gasteiger partial charge in [0.15, 0.2) is 0 Å². The van der Waals surface area contributed by atoms with Gasteiger partial charge in [0.05, 0.1) is 5.52 Å². The number of rotatable bonds is 1. The molecule has 1 aromatic heterocycles. The van der Waals surface area contributed by atoms with Crippen molar-refractivity contribution in [3.8, 4) is 0 Å². The predicted molar refractivity (Wildman–Crippen MR) is 89.4 cm³/mol. The van der Waals surface area contributed by atoms with Gasteiger partial charge in [-0.3, -0.25) is 4.79 Å². The van der Waals surface area contributed by atoms with Crippen molar-refractivity contribution in [2.24, 2.45) is 5.73 Å². The number of halogens is 2. The highest BCUT2D eigenvalue weighted by Gasteiger charge is 2.23. The minimum absolute atomic E-state index is 0. The van der Waals surface area contributed by atoms with Gasteiger partial charge in [0, 0.05) is 24.5 Å². The van der Waals surface area contributed by atoms with E-state index < -0.39 is 0 Å². The number of carbonyl (C=O) groups excluding carboxylic acids is 1. The predicted octanol–water partition coefficient (Wildman–Crippen LogP) is 2.64. The number of nitrogens with zero attached hydrogens (tertiary/aromatic N) is 2. The lowest BCUT2D eigenvalue weighted by Gasteiger charge is -2.30. The highest BCUT2D eigenvalue weighted by molar-refractivity contribution is 5.95. The first-order chi connectivity index (χ1) is 9.24. The number of amides is 1. The van der Waals surface area contributed by atoms with Gasteiger partial charge in [-0.15, -0.1) is 24.8 Å². The van der Waals surface area contributed by atoms with E-state index in [-0.39, 0.29) is 36.8 Å². The van der Waals surface area contributed by atoms with Crippen LogP contribution in [0.4, 0.5) is 0 Å². The Hall–Kier alpha value is -1.36. The third-order valence-electron chi connectivity index (χ3n) is 3.56. The molecule has 4 nitrogen and oxygen atoms in total. The molecule has 3 rings (SSSR count). The Morgan fingerprint density at radius 2 is 1.95 bits per heavy atom. The van der Waals surface area contributed by atoms with E-state index in [1.54, 1.807) is 6.07 Å². The molecule has 0 aliphatic carbocycles. The van der Waals surface area contributed by atoms with Crippen LogP contribution in [0, 0.1) is 0 Å². The molecular weight excluding hydrogens is 309 g/mol. The molecule has 1 atom stereocenters. The van der Waals surface area contributed by atoms with Gasteiger partial charge in [0.25, 0.3) is 5.91 Å². The molecule has 114 valence electrons. The van der Waals surface area contributed by atoms with Gasteiger partial charge >= 0.3 is 0 Å². The average molecular weight is 328 g/mol. The molecule has 2 heterocycles. The molecule has 21 heavy (non-hydrogen) atoms. The number of hydrogen-bond acceptors (Lipinski definition) is 3. The summed E-state index contributed by atoms with van der Waals surface area (Å²) in [4.78, 5) is 18.7. The number of fused-ring (bicyclic) bond motifs is 1. The van der Waals surface area contributed by atoms with E-state index in [0.717, 1.165) is 30.3 Å². The lowest BCUT2D eigenvalue weighted by atomic mass is 10.1. The van der Waals surface area contributed by atoms with Crippen LogP contribution in [0.1, 0.15) is 23.3 Å². The number of likely N-dealkylation sites (tertiary alicyclic amines) is 1. The monoisotopic (exact) mass is 327 g/mol. The van der Waals surface area contributed by atoms with Gasteiger partial charge in [-0.25, -0.2) is 4.98 Å². The summed E-state index contributed by atoms with van der Waals surface area (Å²) in [5.41, 5.74) is 7.28. The largest absolute Gasteiger partial charge is 0.336 e. The third-order valence-corrected chi connectivity index (χ3v) is 3.56. The molecule has 2 aromatic rings. The molecule has 2 N–H and O–H groups in total. The van der Waals surface area contributed by atoms with Crippen molar-refractivity contribution in [2.45, 2.75) is 18.9 Å². The van der Waals surface area contributed by atoms with E-state index in [1.165, 1.54) is 0 Å². The van der Waals surface area contributed by atoms with E-state index >= 15 is 0 Å². The summed E-state index contributed by atoms with van der Waals surface area (Å²) in [7, 11) is 0. The topological polar surface area (TPSA) is 59.2 Å². The van der Waals surface area contributed by atoms with Crippen LogP contribution in [0.5, 0.6) is 0 Å². The Morgan fingerprint density at radius 3 is 2.71 bits per heavy atom. The van der Waals surface area contributed by atoms with Crippen LogP contribution in [0.15, 0.2) is 36.4 Å². The van der Waals surface area contributed by atoms with Crippen LogP contribution >= 0.6 is 24.8 Å². The molecule has 1 saturated heterocycles. The Bertz CT molecular complexity index is 621. The van der Waals surface area contributed by atoms with Crippen LogP contribution in [-0.4, -0.2) is 34.9 Å². The van der Waals surface area contributed by atoms with E-state index in [9.17, 15) is 4.79 Å². The first-order valence-electron chi connectivity index (χ1n) is 6.65. The number of pyridine rings is 1. The van der Waals surface area contributed by atoms with Crippen LogP contribution in [0.3, 0.4) is 0 Å². The molecule has 1 aliphatic heterocycles. The molecule has 1 aromatic carbocycles. The molecule has 0 spiro atoms. The lowest BCUT2D eigenvalue weighted by molar-refractivity contribution is 0.0703. The second kappa shape index (κ2) is 7.59. The Balaban J connectivity index is 0.00000110. The van der Waals surface area contributed by atoms with E-state index in [1.807, 2.05) is 35.2 Å². The summed E-state index contributed by atoms with van der Waals surface area (Å²) in [6, 6.07) is 11.7. The zero-order valence-electron chi connectivity index (χ0n) is 11.6. The van der Waals surface area contributed by atoms with Crippen molar-refractivity contribution in [3.63, 3.8) is 0 Å². The molecule has 0 radical (unpaired) electrons. The van der Waals surface area contributed by atoms with Gasteiger partial charge in [-0.05, 0) is 25.0 Å². The van der Waals surface area contributed by atoms with Crippen LogP contribution < -0.4 is 5.73 Å². The summed E-state index contributed by atoms with van der Waals surface area (Å²) < 4.78 is 0. The number of carbonyl (C=O) groups is 1. The van der Waals surface area contributed by atoms with Crippen molar-refractivity contribution >= 4 is 41.6 Å². The van der Waals surface area contributed by atoms with Gasteiger partial charge < -0.3 is 10.6 Å². The first kappa shape index (κ1) is 17.7. The van der Waals surface area contributed by atoms with Crippen molar-refractivity contribution in [3.05, 3.63) is 42.1 Å². The molecule has 1 amide bonds. The fourth-order valence-electron chi connectivity index (χ4n) is 2.54. The number of piperidine rings is 1. The minimum atomic E-state index is -0.0131. The highest BCUT2D eigenvalue weighted by Crippen LogP contribution is 2.15. The Kier molecular flexibility index (Phi) is 6.40. The maximum Gasteiger partial charge on any atom is 0.272 e. The van der Waals surface area contributed by atoms with Gasteiger partial charge in [-0.1, -0.05) is 24.3 Å². The summed E-state index contributed by atoms with van der Waals surface area (Å²) in [5.74, 6) is -0.0131. The SMILES string of the molecule is Cl.Cl.N[C@@H]1CCCN(C(=O)c2ccc3ccccc3n2)C1. The van der Waals surface area contributed by atoms with E-state index in [4.69, 9.17) is 5.73 Å². The second-order valence-electron chi connectivity index (χ2n) is 5.04. The van der Waals surface area contributed by atoms with Crippen molar-refractivity contribution in [2.75, 3.05) is 13.1 Å². The number of hydrogen-bond donors (Lipinski definition) is 1. The molecular formula is C15H19Cl2N3O. The fourth-order valence-corrected chi connectivity index (χ4v) is 2.54. The smallest absolute Gasteiger partial charge is 0.272 e. The maximum absolute atomic E-state index is 12.4. The van der Waals surface area contributed by atoms with Crippen molar-refractivity contribution in [1.82, 2.24) is 9.88 Å². The molecule has 0 unspecified atom stereocenters. The van der Waals surface area contributed by atoms with Crippen LogP contribution in [-0.2, 0) is 0 Å². The standard InChI is InChI=1S/C15H17N3O.2ClH/c16-12-5-3-9-18(10-12)15(19)14-8-7-11-4-1-2-6-13(11)17-14;;/h1-2,4,6-8,12H,3,5,9-10,16H2;2*1H/t12-;;/m1../s1. The van der Waals surface area contributed by atoms with E-state index in [2.05, 4.69) is 4.98 Å². The Labute approximate surface area is 136 Å². The van der Waals surface area contributed by atoms with Gasteiger partial charge in [0.2, 0.25) is 0 Å². The van der Waals surface area contributed by atoms with Crippen LogP contribution in [0.2, 0.25) is 0 Å². The summed E-state index contributed by atoms with van der Waals surface area (Å²) in [6.45, 7) is 1.41. The van der Waals surface area contributed by atoms with Gasteiger partial charge in [-0.2, -0.15) is 0 Å². The maximum atomic E-state index is 12.4. The van der Waals surface area contributed by atoms with Crippen molar-refractivity contribution < 1.29 is 4.79 Å². The molecule has 6 heteroatoms. The van der Waals surface area contributed by atoms with Crippen LogP contribution in [0.25, 0.3) is 10.9 Å². The molecule has 0 saturated carbocycles. The molecule has 1 fully saturated rings. The summed E-state index contributed by atoms with van der Waals surface area (Å²) >= 11 is 0. The summed E-state index contributed by atoms with van der Waals surface area (Å²) in [5, 5.41) is 1.05. The van der Waals surface area contributed by atoms with Gasteiger partial charge in [0.1, 0.15) is 5.69 Å². The zero-order chi connectivity index (χ0) is 13.2. The molecule has 1 aliphatic rings. The van der Waals surface area contributed by atoms with Crippen molar-refractivity contribution in [1.29, 1.82) is 0 Å². The normalized spacial score (nSPS) is 17.8. The zero-order valence-corrected chi connectivity index (χ0v) is 13.2. The fraction of sp³-hybridized carbons (Fsp3) is 0.333. The van der Waals surface area contributed by atoms with E-state index in [0.29, 0.717) is 12.2 Å². The highest BCUT2D eigenvalue weighted by atomic mass is 35.5. The first-order valence-corrected chi connectivity index (χ1v) is 6.65. The second-order valence-corrected chi connectivity index (χ2v) is 5.04. The lowest BCUT2D eigenvalue weighted by Crippen LogP contribution is -2.45. The number of benzene rings is 1. The number of nitrogens with two attached hydrogens (primary N) is 1.